The van der Waals surface area contributed by atoms with E-state index in [2.05, 4.69) is 23.3 Å². The lowest BCUT2D eigenvalue weighted by Gasteiger charge is -2.08. The molecule has 0 radical (unpaired) electrons. The van der Waals surface area contributed by atoms with E-state index in [-0.39, 0.29) is 11.5 Å². The number of carbonyl (C=O) groups is 1. The summed E-state index contributed by atoms with van der Waals surface area (Å²) in [5, 5.41) is 3.91. The molecule has 0 saturated heterocycles. The van der Waals surface area contributed by atoms with Gasteiger partial charge in [0.05, 0.1) is 6.42 Å². The van der Waals surface area contributed by atoms with E-state index in [0.29, 0.717) is 24.9 Å². The van der Waals surface area contributed by atoms with Crippen molar-refractivity contribution in [1.29, 1.82) is 0 Å². The molecule has 0 spiro atoms. The maximum atomic E-state index is 12.2. The highest BCUT2D eigenvalue weighted by Gasteiger charge is 2.07. The Morgan fingerprint density at radius 1 is 1.04 bits per heavy atom. The predicted octanol–water partition coefficient (Wildman–Crippen LogP) is 3.05. The summed E-state index contributed by atoms with van der Waals surface area (Å²) in [6.07, 6.45) is 0.867. The first kappa shape index (κ1) is 17.0. The topological polar surface area (TPSA) is 62.0 Å². The first-order valence-electron chi connectivity index (χ1n) is 8.47. The van der Waals surface area contributed by atoms with Gasteiger partial charge in [0, 0.05) is 17.6 Å². The molecule has 2 N–H and O–H groups in total. The molecule has 25 heavy (non-hydrogen) atoms. The van der Waals surface area contributed by atoms with E-state index >= 15 is 0 Å². The number of fused-ring (bicyclic) bond motifs is 1. The van der Waals surface area contributed by atoms with E-state index in [9.17, 15) is 9.59 Å². The van der Waals surface area contributed by atoms with Crippen LogP contribution in [0.2, 0.25) is 0 Å². The Morgan fingerprint density at radius 2 is 1.76 bits per heavy atom. The van der Waals surface area contributed by atoms with Gasteiger partial charge in [0.15, 0.2) is 0 Å². The van der Waals surface area contributed by atoms with Crippen LogP contribution in [-0.2, 0) is 17.6 Å². The third-order valence-electron chi connectivity index (χ3n) is 4.46. The highest BCUT2D eigenvalue weighted by Crippen LogP contribution is 2.17. The Morgan fingerprint density at radius 3 is 2.52 bits per heavy atom. The van der Waals surface area contributed by atoms with Gasteiger partial charge in [-0.15, -0.1) is 0 Å². The molecule has 1 aromatic heterocycles. The van der Waals surface area contributed by atoms with Gasteiger partial charge < -0.3 is 10.3 Å². The summed E-state index contributed by atoms with van der Waals surface area (Å²) in [5.41, 5.74) is 4.79. The number of H-pyrrole nitrogens is 1. The number of hydrogen-bond acceptors (Lipinski definition) is 2. The number of rotatable bonds is 5. The van der Waals surface area contributed by atoms with Crippen LogP contribution in [-0.4, -0.2) is 17.4 Å². The van der Waals surface area contributed by atoms with E-state index in [4.69, 9.17) is 0 Å². The third kappa shape index (κ3) is 4.15. The largest absolute Gasteiger partial charge is 0.355 e. The van der Waals surface area contributed by atoms with Gasteiger partial charge in [-0.3, -0.25) is 9.59 Å². The number of aromatic nitrogens is 1. The summed E-state index contributed by atoms with van der Waals surface area (Å²) >= 11 is 0. The van der Waals surface area contributed by atoms with Crippen LogP contribution in [0.15, 0.2) is 53.3 Å². The second-order valence-corrected chi connectivity index (χ2v) is 6.41. The highest BCUT2D eigenvalue weighted by atomic mass is 16.1. The normalized spacial score (nSPS) is 10.8. The number of aryl methyl sites for hydroxylation is 2. The van der Waals surface area contributed by atoms with Crippen LogP contribution >= 0.6 is 0 Å². The molecular formula is C21H22N2O2. The average molecular weight is 334 g/mol. The van der Waals surface area contributed by atoms with Gasteiger partial charge >= 0.3 is 0 Å². The number of carbonyl (C=O) groups excluding carboxylic acids is 1. The van der Waals surface area contributed by atoms with Crippen LogP contribution in [0, 0.1) is 13.8 Å². The monoisotopic (exact) mass is 334 g/mol. The molecule has 1 amide bonds. The molecule has 4 nitrogen and oxygen atoms in total. The predicted molar refractivity (Wildman–Crippen MR) is 101 cm³/mol. The van der Waals surface area contributed by atoms with Gasteiger partial charge in [-0.25, -0.2) is 0 Å². The van der Waals surface area contributed by atoms with Crippen molar-refractivity contribution in [2.45, 2.75) is 26.7 Å². The van der Waals surface area contributed by atoms with Crippen LogP contribution < -0.4 is 10.9 Å². The minimum atomic E-state index is -0.0898. The molecule has 1 heterocycles. The van der Waals surface area contributed by atoms with Crippen molar-refractivity contribution >= 4 is 16.8 Å². The van der Waals surface area contributed by atoms with Gasteiger partial charge in [0.1, 0.15) is 0 Å². The minimum Gasteiger partial charge on any atom is -0.355 e. The molecule has 3 rings (SSSR count). The van der Waals surface area contributed by atoms with Gasteiger partial charge in [0.25, 0.3) is 5.56 Å². The molecule has 4 heteroatoms. The van der Waals surface area contributed by atoms with Crippen molar-refractivity contribution < 1.29 is 4.79 Å². The summed E-state index contributed by atoms with van der Waals surface area (Å²) in [6.45, 7) is 4.54. The van der Waals surface area contributed by atoms with Crippen LogP contribution in [0.1, 0.15) is 22.3 Å². The maximum Gasteiger partial charge on any atom is 0.251 e. The highest BCUT2D eigenvalue weighted by molar-refractivity contribution is 5.81. The Labute approximate surface area is 146 Å². The fourth-order valence-electron chi connectivity index (χ4n) is 2.89. The zero-order chi connectivity index (χ0) is 17.8. The molecule has 0 atom stereocenters. The Balaban J connectivity index is 1.65. The number of pyridine rings is 1. The van der Waals surface area contributed by atoms with Gasteiger partial charge in [-0.2, -0.15) is 0 Å². The third-order valence-corrected chi connectivity index (χ3v) is 4.46. The smallest absolute Gasteiger partial charge is 0.251 e. The Hall–Kier alpha value is -2.88. The molecule has 0 unspecified atom stereocenters. The number of benzene rings is 2. The molecule has 0 aliphatic carbocycles. The van der Waals surface area contributed by atoms with E-state index in [1.54, 1.807) is 0 Å². The SMILES string of the molecule is Cc1cc2cc(CCNC(=O)Cc3ccccc3)c(=O)[nH]c2cc1C. The van der Waals surface area contributed by atoms with E-state index < -0.39 is 0 Å². The van der Waals surface area contributed by atoms with Crippen LogP contribution in [0.25, 0.3) is 10.9 Å². The molecule has 0 saturated carbocycles. The zero-order valence-electron chi connectivity index (χ0n) is 14.6. The molecule has 0 aliphatic rings. The first-order valence-corrected chi connectivity index (χ1v) is 8.47. The number of aromatic amines is 1. The van der Waals surface area contributed by atoms with Crippen molar-refractivity contribution in [3.63, 3.8) is 0 Å². The number of hydrogen-bond donors (Lipinski definition) is 2. The average Bonchev–Trinajstić information content (AvgIpc) is 2.58. The quantitative estimate of drug-likeness (QED) is 0.753. The fourth-order valence-corrected chi connectivity index (χ4v) is 2.89. The van der Waals surface area contributed by atoms with Gasteiger partial charge in [-0.05, 0) is 60.5 Å². The van der Waals surface area contributed by atoms with E-state index in [1.807, 2.05) is 49.4 Å². The molecular weight excluding hydrogens is 312 g/mol. The number of nitrogens with one attached hydrogen (secondary N) is 2. The summed E-state index contributed by atoms with van der Waals surface area (Å²) in [6, 6.07) is 15.6. The standard InChI is InChI=1S/C21H22N2O2/c1-14-10-18-13-17(21(25)23-19(18)11-15(14)2)8-9-22-20(24)12-16-6-4-3-5-7-16/h3-7,10-11,13H,8-9,12H2,1-2H3,(H,22,24)(H,23,25). The zero-order valence-corrected chi connectivity index (χ0v) is 14.6. The lowest BCUT2D eigenvalue weighted by molar-refractivity contribution is -0.120. The summed E-state index contributed by atoms with van der Waals surface area (Å²) < 4.78 is 0. The summed E-state index contributed by atoms with van der Waals surface area (Å²) in [4.78, 5) is 27.1. The van der Waals surface area contributed by atoms with E-state index in [0.717, 1.165) is 22.0 Å². The summed E-state index contributed by atoms with van der Waals surface area (Å²) in [7, 11) is 0. The summed E-state index contributed by atoms with van der Waals surface area (Å²) in [5.74, 6) is -0.0325. The second kappa shape index (κ2) is 7.34. The maximum absolute atomic E-state index is 12.2. The van der Waals surface area contributed by atoms with Crippen LogP contribution in [0.3, 0.4) is 0 Å². The molecule has 0 aliphatic heterocycles. The van der Waals surface area contributed by atoms with Crippen molar-refractivity contribution in [3.8, 4) is 0 Å². The minimum absolute atomic E-state index is 0.0325. The van der Waals surface area contributed by atoms with Crippen LogP contribution in [0.5, 0.6) is 0 Å². The Kier molecular flexibility index (Phi) is 4.98. The molecule has 2 aromatic carbocycles. The van der Waals surface area contributed by atoms with Crippen molar-refractivity contribution in [2.75, 3.05) is 6.54 Å². The van der Waals surface area contributed by atoms with Gasteiger partial charge in [0.2, 0.25) is 5.91 Å². The number of amides is 1. The second-order valence-electron chi connectivity index (χ2n) is 6.41. The van der Waals surface area contributed by atoms with Crippen molar-refractivity contribution in [3.05, 3.63) is 81.1 Å². The first-order chi connectivity index (χ1) is 12.0. The van der Waals surface area contributed by atoms with Crippen LogP contribution in [0.4, 0.5) is 0 Å². The lowest BCUT2D eigenvalue weighted by Crippen LogP contribution is -2.28. The molecule has 3 aromatic rings. The van der Waals surface area contributed by atoms with Crippen molar-refractivity contribution in [2.24, 2.45) is 0 Å². The molecule has 0 bridgehead atoms. The Bertz CT molecular complexity index is 959. The molecule has 128 valence electrons. The fraction of sp³-hybridized carbons (Fsp3) is 0.238. The molecule has 0 fully saturated rings. The lowest BCUT2D eigenvalue weighted by atomic mass is 10.0. The van der Waals surface area contributed by atoms with Gasteiger partial charge in [-0.1, -0.05) is 30.3 Å². The van der Waals surface area contributed by atoms with Crippen molar-refractivity contribution in [1.82, 2.24) is 10.3 Å². The van der Waals surface area contributed by atoms with E-state index in [1.165, 1.54) is 5.56 Å².